The molecule has 1 unspecified atom stereocenters. The van der Waals surface area contributed by atoms with Crippen molar-refractivity contribution in [3.05, 3.63) is 95.6 Å². The average Bonchev–Trinajstić information content (AvgIpc) is 2.83. The van der Waals surface area contributed by atoms with Crippen LogP contribution in [-0.4, -0.2) is 12.5 Å². The van der Waals surface area contributed by atoms with E-state index in [1.54, 1.807) is 6.92 Å². The van der Waals surface area contributed by atoms with Gasteiger partial charge in [-0.15, -0.1) is 0 Å². The highest BCUT2D eigenvalue weighted by molar-refractivity contribution is 5.88. The second kappa shape index (κ2) is 13.4. The predicted molar refractivity (Wildman–Crippen MR) is 137 cm³/mol. The first-order valence-electron chi connectivity index (χ1n) is 12.0. The van der Waals surface area contributed by atoms with E-state index in [0.29, 0.717) is 6.61 Å². The molecule has 0 aromatic heterocycles. The van der Waals surface area contributed by atoms with Gasteiger partial charge < -0.3 is 15.4 Å². The molecule has 0 bridgehead atoms. The molecule has 4 nitrogen and oxygen atoms in total. The van der Waals surface area contributed by atoms with Gasteiger partial charge in [0.2, 0.25) is 5.91 Å². The molecule has 33 heavy (non-hydrogen) atoms. The maximum Gasteiger partial charge on any atom is 0.221 e. The second-order valence-corrected chi connectivity index (χ2v) is 8.48. The van der Waals surface area contributed by atoms with Crippen molar-refractivity contribution in [3.63, 3.8) is 0 Å². The monoisotopic (exact) mass is 444 g/mol. The Bertz CT molecular complexity index is 970. The van der Waals surface area contributed by atoms with Gasteiger partial charge in [-0.1, -0.05) is 80.8 Å². The highest BCUT2D eigenvalue weighted by atomic mass is 16.5. The summed E-state index contributed by atoms with van der Waals surface area (Å²) in [5.41, 5.74) is 4.53. The van der Waals surface area contributed by atoms with Crippen LogP contribution in [0.25, 0.3) is 0 Å². The zero-order valence-electron chi connectivity index (χ0n) is 19.8. The summed E-state index contributed by atoms with van der Waals surface area (Å²) in [7, 11) is 0. The molecule has 0 aliphatic rings. The molecule has 0 aliphatic carbocycles. The van der Waals surface area contributed by atoms with Crippen LogP contribution in [0, 0.1) is 0 Å². The Kier molecular flexibility index (Phi) is 9.99. The fraction of sp³-hybridized carbons (Fsp3) is 0.345. The third-order valence-corrected chi connectivity index (χ3v) is 5.68. The average molecular weight is 445 g/mol. The maximum atomic E-state index is 11.4. The molecule has 4 heteroatoms. The second-order valence-electron chi connectivity index (χ2n) is 8.48. The van der Waals surface area contributed by atoms with Gasteiger partial charge in [0, 0.05) is 18.7 Å². The quantitative estimate of drug-likeness (QED) is 0.289. The highest BCUT2D eigenvalue weighted by Gasteiger charge is 2.12. The number of rotatable bonds is 13. The van der Waals surface area contributed by atoms with Crippen LogP contribution in [0.5, 0.6) is 5.75 Å². The molecule has 1 atom stereocenters. The van der Waals surface area contributed by atoms with Crippen molar-refractivity contribution in [2.75, 3.05) is 11.9 Å². The van der Waals surface area contributed by atoms with E-state index < -0.39 is 0 Å². The SMILES string of the molecule is CCCCCC(NCCc1ccc(OCc2ccccc2)cc1)c1cccc(NC(C)=O)c1. The van der Waals surface area contributed by atoms with Crippen molar-refractivity contribution in [3.8, 4) is 5.75 Å². The van der Waals surface area contributed by atoms with E-state index in [4.69, 9.17) is 4.74 Å². The highest BCUT2D eigenvalue weighted by Crippen LogP contribution is 2.23. The first-order valence-corrected chi connectivity index (χ1v) is 12.0. The van der Waals surface area contributed by atoms with Crippen molar-refractivity contribution < 1.29 is 9.53 Å². The molecule has 3 aromatic carbocycles. The zero-order chi connectivity index (χ0) is 23.3. The Balaban J connectivity index is 1.53. The minimum absolute atomic E-state index is 0.0427. The molecule has 1 amide bonds. The number of ether oxygens (including phenoxy) is 1. The van der Waals surface area contributed by atoms with E-state index in [-0.39, 0.29) is 11.9 Å². The summed E-state index contributed by atoms with van der Waals surface area (Å²) >= 11 is 0. The fourth-order valence-electron chi connectivity index (χ4n) is 3.91. The zero-order valence-corrected chi connectivity index (χ0v) is 19.8. The number of nitrogens with one attached hydrogen (secondary N) is 2. The number of hydrogen-bond donors (Lipinski definition) is 2. The lowest BCUT2D eigenvalue weighted by molar-refractivity contribution is -0.114. The number of anilines is 1. The number of unbranched alkanes of at least 4 members (excludes halogenated alkanes) is 2. The van der Waals surface area contributed by atoms with Crippen LogP contribution in [0.3, 0.4) is 0 Å². The molecule has 3 rings (SSSR count). The van der Waals surface area contributed by atoms with Crippen molar-refractivity contribution in [2.45, 2.75) is 58.6 Å². The van der Waals surface area contributed by atoms with Gasteiger partial charge in [-0.3, -0.25) is 4.79 Å². The molecule has 0 heterocycles. The Morgan fingerprint density at radius 1 is 0.909 bits per heavy atom. The smallest absolute Gasteiger partial charge is 0.221 e. The van der Waals surface area contributed by atoms with E-state index in [0.717, 1.165) is 30.8 Å². The van der Waals surface area contributed by atoms with Gasteiger partial charge in [0.25, 0.3) is 0 Å². The van der Waals surface area contributed by atoms with Crippen LogP contribution < -0.4 is 15.4 Å². The summed E-state index contributed by atoms with van der Waals surface area (Å²) in [6, 6.07) is 27.1. The Morgan fingerprint density at radius 2 is 1.70 bits per heavy atom. The van der Waals surface area contributed by atoms with Crippen molar-refractivity contribution in [1.82, 2.24) is 5.32 Å². The lowest BCUT2D eigenvalue weighted by Gasteiger charge is -2.20. The van der Waals surface area contributed by atoms with Crippen LogP contribution in [-0.2, 0) is 17.8 Å². The van der Waals surface area contributed by atoms with Crippen LogP contribution >= 0.6 is 0 Å². The summed E-state index contributed by atoms with van der Waals surface area (Å²) in [5.74, 6) is 0.849. The molecule has 2 N–H and O–H groups in total. The van der Waals surface area contributed by atoms with E-state index in [2.05, 4.69) is 54.0 Å². The number of hydrogen-bond acceptors (Lipinski definition) is 3. The largest absolute Gasteiger partial charge is 0.489 e. The first-order chi connectivity index (χ1) is 16.1. The van der Waals surface area contributed by atoms with E-state index >= 15 is 0 Å². The molecule has 174 valence electrons. The van der Waals surface area contributed by atoms with Gasteiger partial charge in [0.05, 0.1) is 0 Å². The van der Waals surface area contributed by atoms with Gasteiger partial charge in [-0.2, -0.15) is 0 Å². The Labute approximate surface area is 198 Å². The standard InChI is InChI=1S/C29H36N2O2/c1-3-4-6-14-29(26-12-9-13-27(21-26)31-23(2)32)30-20-19-24-15-17-28(18-16-24)33-22-25-10-7-5-8-11-25/h5,7-13,15-18,21,29-30H,3-4,6,14,19-20,22H2,1-2H3,(H,31,32). The minimum atomic E-state index is -0.0427. The van der Waals surface area contributed by atoms with Gasteiger partial charge in [-0.05, 0) is 60.3 Å². The van der Waals surface area contributed by atoms with Gasteiger partial charge in [0.1, 0.15) is 12.4 Å². The van der Waals surface area contributed by atoms with Gasteiger partial charge in [-0.25, -0.2) is 0 Å². The number of amides is 1. The lowest BCUT2D eigenvalue weighted by atomic mass is 9.99. The van der Waals surface area contributed by atoms with Crippen LogP contribution in [0.2, 0.25) is 0 Å². The minimum Gasteiger partial charge on any atom is -0.489 e. The summed E-state index contributed by atoms with van der Waals surface area (Å²) < 4.78 is 5.90. The molecule has 3 aromatic rings. The topological polar surface area (TPSA) is 50.4 Å². The van der Waals surface area contributed by atoms with Crippen molar-refractivity contribution in [2.24, 2.45) is 0 Å². The number of carbonyl (C=O) groups excluding carboxylic acids is 1. The Morgan fingerprint density at radius 3 is 2.42 bits per heavy atom. The number of carbonyl (C=O) groups is 1. The fourth-order valence-corrected chi connectivity index (χ4v) is 3.91. The normalized spacial score (nSPS) is 11.7. The molecular weight excluding hydrogens is 408 g/mol. The lowest BCUT2D eigenvalue weighted by Crippen LogP contribution is -2.24. The van der Waals surface area contributed by atoms with Crippen LogP contribution in [0.1, 0.15) is 62.3 Å². The predicted octanol–water partition coefficient (Wildman–Crippen LogP) is 6.68. The van der Waals surface area contributed by atoms with Gasteiger partial charge >= 0.3 is 0 Å². The summed E-state index contributed by atoms with van der Waals surface area (Å²) in [4.78, 5) is 11.4. The first kappa shape index (κ1) is 24.5. The molecular formula is C29H36N2O2. The number of benzene rings is 3. The van der Waals surface area contributed by atoms with Crippen molar-refractivity contribution >= 4 is 11.6 Å². The van der Waals surface area contributed by atoms with Crippen molar-refractivity contribution in [1.29, 1.82) is 0 Å². The summed E-state index contributed by atoms with van der Waals surface area (Å²) in [5, 5.41) is 6.64. The molecule has 0 spiro atoms. The molecule has 0 fully saturated rings. The van der Waals surface area contributed by atoms with E-state index in [1.165, 1.54) is 36.0 Å². The van der Waals surface area contributed by atoms with E-state index in [9.17, 15) is 4.79 Å². The molecule has 0 saturated heterocycles. The van der Waals surface area contributed by atoms with E-state index in [1.807, 2.05) is 42.5 Å². The summed E-state index contributed by atoms with van der Waals surface area (Å²) in [6.07, 6.45) is 5.66. The molecule has 0 saturated carbocycles. The molecule has 0 aliphatic heterocycles. The third-order valence-electron chi connectivity index (χ3n) is 5.68. The molecule has 0 radical (unpaired) electrons. The van der Waals surface area contributed by atoms with Crippen LogP contribution in [0.4, 0.5) is 5.69 Å². The third kappa shape index (κ3) is 8.74. The van der Waals surface area contributed by atoms with Crippen LogP contribution in [0.15, 0.2) is 78.9 Å². The summed E-state index contributed by atoms with van der Waals surface area (Å²) in [6.45, 7) is 5.25. The maximum absolute atomic E-state index is 11.4. The Hall–Kier alpha value is -3.11. The van der Waals surface area contributed by atoms with Gasteiger partial charge in [0.15, 0.2) is 0 Å².